The number of carbonyl (C=O) groups excluding carboxylic acids is 3. The first kappa shape index (κ1) is 25.5. The minimum Gasteiger partial charge on any atom is -0.493 e. The van der Waals surface area contributed by atoms with E-state index in [1.807, 2.05) is 6.92 Å². The number of nitrogens with one attached hydrogen (secondary N) is 1. The SMILES string of the molecule is COC(=O)c1c(C)[nH]c(C(=O)C(C)OC(=O)c2ccc(OCc3c(C)noc3C)c(OC)c2)c1C. The first-order valence-corrected chi connectivity index (χ1v) is 10.8. The predicted octanol–water partition coefficient (Wildman–Crippen LogP) is 4.04. The molecule has 186 valence electrons. The summed E-state index contributed by atoms with van der Waals surface area (Å²) in [6.07, 6.45) is -1.11. The number of esters is 2. The van der Waals surface area contributed by atoms with Crippen molar-refractivity contribution in [2.24, 2.45) is 0 Å². The van der Waals surface area contributed by atoms with Gasteiger partial charge in [-0.25, -0.2) is 9.59 Å². The lowest BCUT2D eigenvalue weighted by molar-refractivity contribution is 0.0316. The number of aromatic amines is 1. The van der Waals surface area contributed by atoms with Gasteiger partial charge in [-0.05, 0) is 58.4 Å². The Morgan fingerprint density at radius 2 is 1.77 bits per heavy atom. The largest absolute Gasteiger partial charge is 0.493 e. The van der Waals surface area contributed by atoms with Crippen molar-refractivity contribution in [2.75, 3.05) is 14.2 Å². The van der Waals surface area contributed by atoms with E-state index in [2.05, 4.69) is 10.1 Å². The van der Waals surface area contributed by atoms with Gasteiger partial charge in [-0.2, -0.15) is 0 Å². The lowest BCUT2D eigenvalue weighted by Crippen LogP contribution is -2.25. The Morgan fingerprint density at radius 3 is 2.37 bits per heavy atom. The second kappa shape index (κ2) is 10.5. The number of hydrogen-bond donors (Lipinski definition) is 1. The number of ether oxygens (including phenoxy) is 4. The van der Waals surface area contributed by atoms with E-state index in [-0.39, 0.29) is 23.4 Å². The quantitative estimate of drug-likeness (QED) is 0.353. The maximum atomic E-state index is 12.9. The molecule has 1 atom stereocenters. The van der Waals surface area contributed by atoms with Crippen LogP contribution in [-0.4, -0.2) is 48.2 Å². The molecule has 1 unspecified atom stereocenters. The van der Waals surface area contributed by atoms with Crippen molar-refractivity contribution in [3.63, 3.8) is 0 Å². The van der Waals surface area contributed by atoms with Crippen LogP contribution in [0.2, 0.25) is 0 Å². The number of aryl methyl sites for hydroxylation is 3. The average Bonchev–Trinajstić information content (AvgIpc) is 3.32. The summed E-state index contributed by atoms with van der Waals surface area (Å²) in [6, 6.07) is 4.58. The number of methoxy groups -OCH3 is 2. The van der Waals surface area contributed by atoms with Crippen LogP contribution in [0.3, 0.4) is 0 Å². The number of ketones is 1. The van der Waals surface area contributed by atoms with E-state index in [0.717, 1.165) is 11.3 Å². The second-order valence-corrected chi connectivity index (χ2v) is 7.99. The molecule has 1 N–H and O–H groups in total. The van der Waals surface area contributed by atoms with E-state index in [9.17, 15) is 14.4 Å². The molecule has 0 spiro atoms. The molecule has 3 rings (SSSR count). The van der Waals surface area contributed by atoms with Crippen molar-refractivity contribution in [1.82, 2.24) is 10.1 Å². The topological polar surface area (TPSA) is 130 Å². The Bertz CT molecular complexity index is 1250. The van der Waals surface area contributed by atoms with Gasteiger partial charge in [0, 0.05) is 5.69 Å². The first-order chi connectivity index (χ1) is 16.6. The fourth-order valence-corrected chi connectivity index (χ4v) is 3.66. The molecule has 2 heterocycles. The van der Waals surface area contributed by atoms with Gasteiger partial charge in [0.2, 0.25) is 5.78 Å². The molecule has 0 aliphatic heterocycles. The summed E-state index contributed by atoms with van der Waals surface area (Å²) in [5.74, 6) is -0.337. The molecule has 3 aromatic rings. The third-order valence-corrected chi connectivity index (χ3v) is 5.68. The summed E-state index contributed by atoms with van der Waals surface area (Å²) in [5.41, 5.74) is 3.13. The standard InChI is InChI=1S/C25H28N2O8/c1-12-21(25(30)32-7)14(3)26-22(12)23(28)16(5)34-24(29)17-8-9-19(20(10-17)31-6)33-11-18-13(2)27-35-15(18)4/h8-10,16,26H,11H2,1-7H3. The van der Waals surface area contributed by atoms with Crippen LogP contribution in [0.15, 0.2) is 22.7 Å². The lowest BCUT2D eigenvalue weighted by atomic mass is 10.1. The van der Waals surface area contributed by atoms with Crippen molar-refractivity contribution < 1.29 is 37.9 Å². The van der Waals surface area contributed by atoms with Crippen molar-refractivity contribution in [3.05, 3.63) is 63.3 Å². The summed E-state index contributed by atoms with van der Waals surface area (Å²) in [7, 11) is 2.72. The Kier molecular flexibility index (Phi) is 7.63. The molecular weight excluding hydrogens is 456 g/mol. The third kappa shape index (κ3) is 5.21. The van der Waals surface area contributed by atoms with E-state index >= 15 is 0 Å². The zero-order valence-corrected chi connectivity index (χ0v) is 20.7. The highest BCUT2D eigenvalue weighted by Gasteiger charge is 2.28. The fourth-order valence-electron chi connectivity index (χ4n) is 3.66. The summed E-state index contributed by atoms with van der Waals surface area (Å²) < 4.78 is 26.5. The molecule has 10 nitrogen and oxygen atoms in total. The van der Waals surface area contributed by atoms with E-state index in [1.165, 1.54) is 33.3 Å². The van der Waals surface area contributed by atoms with Crippen LogP contribution in [0, 0.1) is 27.7 Å². The summed E-state index contributed by atoms with van der Waals surface area (Å²) in [4.78, 5) is 40.5. The highest BCUT2D eigenvalue weighted by Crippen LogP contribution is 2.30. The van der Waals surface area contributed by atoms with Crippen LogP contribution in [0.1, 0.15) is 66.4 Å². The number of Topliss-reactive ketones (excluding diaryl/α,β-unsaturated/α-hetero) is 1. The number of rotatable bonds is 9. The van der Waals surface area contributed by atoms with Crippen molar-refractivity contribution in [3.8, 4) is 11.5 Å². The fraction of sp³-hybridized carbons (Fsp3) is 0.360. The minimum atomic E-state index is -1.11. The van der Waals surface area contributed by atoms with E-state index in [1.54, 1.807) is 26.8 Å². The van der Waals surface area contributed by atoms with Crippen molar-refractivity contribution in [1.29, 1.82) is 0 Å². The van der Waals surface area contributed by atoms with Crippen LogP contribution in [0.5, 0.6) is 11.5 Å². The first-order valence-electron chi connectivity index (χ1n) is 10.8. The van der Waals surface area contributed by atoms with Gasteiger partial charge < -0.3 is 28.5 Å². The summed E-state index contributed by atoms with van der Waals surface area (Å²) >= 11 is 0. The maximum absolute atomic E-state index is 12.9. The number of aromatic nitrogens is 2. The Morgan fingerprint density at radius 1 is 1.06 bits per heavy atom. The van der Waals surface area contributed by atoms with Gasteiger partial charge in [-0.1, -0.05) is 5.16 Å². The van der Waals surface area contributed by atoms with Gasteiger partial charge >= 0.3 is 11.9 Å². The zero-order valence-electron chi connectivity index (χ0n) is 20.7. The average molecular weight is 485 g/mol. The van der Waals surface area contributed by atoms with E-state index in [0.29, 0.717) is 28.5 Å². The van der Waals surface area contributed by atoms with Gasteiger partial charge in [0.25, 0.3) is 0 Å². The Balaban J connectivity index is 1.72. The molecule has 2 aromatic heterocycles. The normalized spacial score (nSPS) is 11.6. The molecule has 1 aromatic carbocycles. The predicted molar refractivity (Wildman–Crippen MR) is 124 cm³/mol. The smallest absolute Gasteiger partial charge is 0.339 e. The monoisotopic (exact) mass is 484 g/mol. The van der Waals surface area contributed by atoms with Gasteiger partial charge in [0.15, 0.2) is 17.6 Å². The second-order valence-electron chi connectivity index (χ2n) is 7.99. The van der Waals surface area contributed by atoms with Crippen LogP contribution in [0.25, 0.3) is 0 Å². The summed E-state index contributed by atoms with van der Waals surface area (Å²) in [5, 5.41) is 3.90. The van der Waals surface area contributed by atoms with Crippen LogP contribution >= 0.6 is 0 Å². The summed E-state index contributed by atoms with van der Waals surface area (Å²) in [6.45, 7) is 8.59. The van der Waals surface area contributed by atoms with E-state index < -0.39 is 23.8 Å². The number of nitrogens with zero attached hydrogens (tertiary/aromatic N) is 1. The maximum Gasteiger partial charge on any atom is 0.339 e. The van der Waals surface area contributed by atoms with Crippen LogP contribution in [0.4, 0.5) is 0 Å². The molecule has 0 bridgehead atoms. The Labute approximate surface area is 202 Å². The molecule has 35 heavy (non-hydrogen) atoms. The minimum absolute atomic E-state index is 0.181. The van der Waals surface area contributed by atoms with Crippen LogP contribution < -0.4 is 9.47 Å². The highest BCUT2D eigenvalue weighted by atomic mass is 16.5. The van der Waals surface area contributed by atoms with Gasteiger partial charge in [-0.3, -0.25) is 4.79 Å². The number of benzene rings is 1. The highest BCUT2D eigenvalue weighted by molar-refractivity contribution is 6.04. The number of carbonyl (C=O) groups is 3. The number of hydrogen-bond acceptors (Lipinski definition) is 9. The molecule has 0 radical (unpaired) electrons. The zero-order chi connectivity index (χ0) is 25.9. The van der Waals surface area contributed by atoms with Gasteiger partial charge in [0.05, 0.1) is 42.3 Å². The molecule has 0 saturated heterocycles. The number of H-pyrrole nitrogens is 1. The van der Waals surface area contributed by atoms with Gasteiger partial charge in [0.1, 0.15) is 12.4 Å². The Hall–Kier alpha value is -4.08. The molecule has 0 aliphatic rings. The van der Waals surface area contributed by atoms with Crippen molar-refractivity contribution >= 4 is 17.7 Å². The molecular formula is C25H28N2O8. The molecule has 0 aliphatic carbocycles. The third-order valence-electron chi connectivity index (χ3n) is 5.68. The molecule has 0 amide bonds. The molecule has 0 fully saturated rings. The van der Waals surface area contributed by atoms with Crippen molar-refractivity contribution in [2.45, 2.75) is 47.3 Å². The van der Waals surface area contributed by atoms with Crippen LogP contribution in [-0.2, 0) is 16.1 Å². The molecule has 10 heteroatoms. The molecule has 0 saturated carbocycles. The van der Waals surface area contributed by atoms with E-state index in [4.69, 9.17) is 23.5 Å². The van der Waals surface area contributed by atoms with Gasteiger partial charge in [-0.15, -0.1) is 0 Å². The lowest BCUT2D eigenvalue weighted by Gasteiger charge is -2.14.